The van der Waals surface area contributed by atoms with Crippen LogP contribution in [0.3, 0.4) is 0 Å². The standard InChI is InChI=1S/C10H12O5S/c1-7(11)10-4-3-9(15-2)5-8(10)6-16(12,13)14/h3-5H,6H2,1-2H3,(H,12,13,14). The highest BCUT2D eigenvalue weighted by molar-refractivity contribution is 7.85. The van der Waals surface area contributed by atoms with Crippen LogP contribution in [0.4, 0.5) is 0 Å². The first-order valence-electron chi connectivity index (χ1n) is 4.46. The second-order valence-corrected chi connectivity index (χ2v) is 4.76. The number of rotatable bonds is 4. The van der Waals surface area contributed by atoms with Gasteiger partial charge in [0.1, 0.15) is 11.5 Å². The van der Waals surface area contributed by atoms with E-state index < -0.39 is 15.9 Å². The Morgan fingerprint density at radius 2 is 2.06 bits per heavy atom. The molecule has 0 aliphatic heterocycles. The van der Waals surface area contributed by atoms with Crippen LogP contribution in [0.5, 0.6) is 5.75 Å². The third kappa shape index (κ3) is 3.32. The van der Waals surface area contributed by atoms with Crippen molar-refractivity contribution in [3.05, 3.63) is 29.3 Å². The van der Waals surface area contributed by atoms with Crippen molar-refractivity contribution in [2.24, 2.45) is 0 Å². The van der Waals surface area contributed by atoms with Crippen LogP contribution in [0, 0.1) is 0 Å². The maximum absolute atomic E-state index is 11.2. The Kier molecular flexibility index (Phi) is 3.66. The molecule has 0 unspecified atom stereocenters. The van der Waals surface area contributed by atoms with Crippen LogP contribution in [-0.4, -0.2) is 25.9 Å². The number of carbonyl (C=O) groups is 1. The van der Waals surface area contributed by atoms with Crippen LogP contribution in [-0.2, 0) is 15.9 Å². The molecule has 16 heavy (non-hydrogen) atoms. The zero-order chi connectivity index (χ0) is 12.3. The molecular weight excluding hydrogens is 232 g/mol. The second-order valence-electron chi connectivity index (χ2n) is 3.31. The minimum atomic E-state index is -4.17. The molecule has 0 saturated heterocycles. The van der Waals surface area contributed by atoms with Crippen molar-refractivity contribution < 1.29 is 22.5 Å². The molecule has 0 fully saturated rings. The summed E-state index contributed by atoms with van der Waals surface area (Å²) < 4.78 is 35.2. The van der Waals surface area contributed by atoms with Gasteiger partial charge in [0.25, 0.3) is 10.1 Å². The molecular formula is C10H12O5S. The summed E-state index contributed by atoms with van der Waals surface area (Å²) in [7, 11) is -2.74. The predicted octanol–water partition coefficient (Wildman–Crippen LogP) is 1.29. The van der Waals surface area contributed by atoms with Gasteiger partial charge in [0.15, 0.2) is 5.78 Å². The summed E-state index contributed by atoms with van der Waals surface area (Å²) in [6, 6.07) is 4.45. The Morgan fingerprint density at radius 1 is 1.44 bits per heavy atom. The van der Waals surface area contributed by atoms with Crippen molar-refractivity contribution in [3.8, 4) is 5.75 Å². The molecule has 0 aliphatic rings. The average Bonchev–Trinajstić information content (AvgIpc) is 2.14. The summed E-state index contributed by atoms with van der Waals surface area (Å²) in [5, 5.41) is 0. The Hall–Kier alpha value is -1.40. The first-order valence-corrected chi connectivity index (χ1v) is 6.07. The molecule has 5 nitrogen and oxygen atoms in total. The van der Waals surface area contributed by atoms with Gasteiger partial charge >= 0.3 is 0 Å². The number of ether oxygens (including phenoxy) is 1. The van der Waals surface area contributed by atoms with E-state index in [1.54, 1.807) is 6.07 Å². The van der Waals surface area contributed by atoms with E-state index in [1.165, 1.54) is 26.2 Å². The molecule has 1 rings (SSSR count). The number of carbonyl (C=O) groups excluding carboxylic acids is 1. The van der Waals surface area contributed by atoms with E-state index in [0.717, 1.165) is 0 Å². The fourth-order valence-corrected chi connectivity index (χ4v) is 1.99. The smallest absolute Gasteiger partial charge is 0.269 e. The van der Waals surface area contributed by atoms with Crippen LogP contribution in [0.2, 0.25) is 0 Å². The second kappa shape index (κ2) is 4.63. The van der Waals surface area contributed by atoms with Gasteiger partial charge in [-0.1, -0.05) is 0 Å². The Morgan fingerprint density at radius 3 is 2.50 bits per heavy atom. The summed E-state index contributed by atoms with van der Waals surface area (Å²) in [6.07, 6.45) is 0. The molecule has 1 aromatic rings. The van der Waals surface area contributed by atoms with Gasteiger partial charge in [-0.15, -0.1) is 0 Å². The fourth-order valence-electron chi connectivity index (χ4n) is 1.36. The van der Waals surface area contributed by atoms with E-state index in [9.17, 15) is 13.2 Å². The average molecular weight is 244 g/mol. The lowest BCUT2D eigenvalue weighted by atomic mass is 10.1. The van der Waals surface area contributed by atoms with Crippen LogP contribution >= 0.6 is 0 Å². The molecule has 0 aromatic heterocycles. The number of ketones is 1. The van der Waals surface area contributed by atoms with Gasteiger partial charge in [-0.2, -0.15) is 8.42 Å². The molecule has 0 radical (unpaired) electrons. The van der Waals surface area contributed by atoms with Crippen molar-refractivity contribution in [1.82, 2.24) is 0 Å². The number of Topliss-reactive ketones (excluding diaryl/α,β-unsaturated/α-hetero) is 1. The van der Waals surface area contributed by atoms with Crippen molar-refractivity contribution in [2.75, 3.05) is 7.11 Å². The van der Waals surface area contributed by atoms with Gasteiger partial charge in [0, 0.05) is 5.56 Å². The summed E-state index contributed by atoms with van der Waals surface area (Å²) in [6.45, 7) is 1.33. The summed E-state index contributed by atoms with van der Waals surface area (Å²) in [5.41, 5.74) is 0.493. The SMILES string of the molecule is COc1ccc(C(C)=O)c(CS(=O)(=O)O)c1. The number of hydrogen-bond acceptors (Lipinski definition) is 4. The molecule has 1 N–H and O–H groups in total. The van der Waals surface area contributed by atoms with Gasteiger partial charge in [-0.25, -0.2) is 0 Å². The van der Waals surface area contributed by atoms with E-state index in [0.29, 0.717) is 5.75 Å². The maximum atomic E-state index is 11.2. The molecule has 0 heterocycles. The van der Waals surface area contributed by atoms with E-state index >= 15 is 0 Å². The van der Waals surface area contributed by atoms with E-state index in [-0.39, 0.29) is 16.9 Å². The lowest BCUT2D eigenvalue weighted by molar-refractivity contribution is 0.101. The summed E-state index contributed by atoms with van der Waals surface area (Å²) in [4.78, 5) is 11.2. The molecule has 0 spiro atoms. The first kappa shape index (κ1) is 12.7. The molecule has 0 amide bonds. The largest absolute Gasteiger partial charge is 0.497 e. The third-order valence-corrected chi connectivity index (χ3v) is 2.71. The minimum Gasteiger partial charge on any atom is -0.497 e. The number of benzene rings is 1. The maximum Gasteiger partial charge on any atom is 0.269 e. The van der Waals surface area contributed by atoms with Crippen LogP contribution in [0.15, 0.2) is 18.2 Å². The number of methoxy groups -OCH3 is 1. The monoisotopic (exact) mass is 244 g/mol. The Balaban J connectivity index is 3.26. The topological polar surface area (TPSA) is 80.7 Å². The number of hydrogen-bond donors (Lipinski definition) is 1. The van der Waals surface area contributed by atoms with Crippen LogP contribution in [0.25, 0.3) is 0 Å². The van der Waals surface area contributed by atoms with Gasteiger partial charge in [0.2, 0.25) is 0 Å². The van der Waals surface area contributed by atoms with Gasteiger partial charge in [-0.3, -0.25) is 9.35 Å². The quantitative estimate of drug-likeness (QED) is 0.637. The molecule has 0 saturated carbocycles. The van der Waals surface area contributed by atoms with Crippen LogP contribution in [0.1, 0.15) is 22.8 Å². The van der Waals surface area contributed by atoms with Crippen molar-refractivity contribution in [1.29, 1.82) is 0 Å². The lowest BCUT2D eigenvalue weighted by Gasteiger charge is -2.07. The van der Waals surface area contributed by atoms with E-state index in [4.69, 9.17) is 9.29 Å². The first-order chi connectivity index (χ1) is 7.33. The Labute approximate surface area is 93.8 Å². The predicted molar refractivity (Wildman–Crippen MR) is 58.3 cm³/mol. The summed E-state index contributed by atoms with van der Waals surface area (Å²) >= 11 is 0. The molecule has 0 aliphatic carbocycles. The molecule has 6 heteroatoms. The van der Waals surface area contributed by atoms with E-state index in [2.05, 4.69) is 0 Å². The lowest BCUT2D eigenvalue weighted by Crippen LogP contribution is -2.07. The van der Waals surface area contributed by atoms with E-state index in [1.807, 2.05) is 0 Å². The van der Waals surface area contributed by atoms with Crippen molar-refractivity contribution in [3.63, 3.8) is 0 Å². The van der Waals surface area contributed by atoms with Crippen LogP contribution < -0.4 is 4.74 Å². The fraction of sp³-hybridized carbons (Fsp3) is 0.300. The normalized spacial score (nSPS) is 11.2. The minimum absolute atomic E-state index is 0.231. The molecule has 1 aromatic carbocycles. The molecule has 0 atom stereocenters. The molecule has 0 bridgehead atoms. The summed E-state index contributed by atoms with van der Waals surface area (Å²) in [5.74, 6) is -0.427. The highest BCUT2D eigenvalue weighted by Crippen LogP contribution is 2.20. The van der Waals surface area contributed by atoms with Gasteiger partial charge < -0.3 is 4.74 Å². The Bertz CT molecular complexity index is 504. The third-order valence-electron chi connectivity index (χ3n) is 2.03. The van der Waals surface area contributed by atoms with Gasteiger partial charge in [-0.05, 0) is 30.7 Å². The van der Waals surface area contributed by atoms with Crippen molar-refractivity contribution in [2.45, 2.75) is 12.7 Å². The van der Waals surface area contributed by atoms with Crippen molar-refractivity contribution >= 4 is 15.9 Å². The zero-order valence-electron chi connectivity index (χ0n) is 8.93. The van der Waals surface area contributed by atoms with Gasteiger partial charge in [0.05, 0.1) is 7.11 Å². The highest BCUT2D eigenvalue weighted by Gasteiger charge is 2.14. The molecule has 88 valence electrons. The highest BCUT2D eigenvalue weighted by atomic mass is 32.2. The zero-order valence-corrected chi connectivity index (χ0v) is 9.74.